The van der Waals surface area contributed by atoms with E-state index in [-0.39, 0.29) is 34.5 Å². The molecule has 8 nitrogen and oxygen atoms in total. The van der Waals surface area contributed by atoms with Crippen LogP contribution in [-0.2, 0) is 19.8 Å². The van der Waals surface area contributed by atoms with Gasteiger partial charge >= 0.3 is 6.18 Å². The van der Waals surface area contributed by atoms with Crippen LogP contribution in [0.4, 0.5) is 28.9 Å². The fourth-order valence-electron chi connectivity index (χ4n) is 3.52. The molecule has 0 atom stereocenters. The number of pyridine rings is 1. The van der Waals surface area contributed by atoms with Crippen LogP contribution in [0.2, 0.25) is 0 Å². The monoisotopic (exact) mass is 512 g/mol. The molecule has 1 amide bonds. The summed E-state index contributed by atoms with van der Waals surface area (Å²) in [6.45, 7) is -0.430. The van der Waals surface area contributed by atoms with E-state index in [0.717, 1.165) is 6.07 Å². The SMILES string of the molecule is Cn1ccc(-c2cc(C(=O)NC(=Nc3ccccc3)c3cc(CO)ncc3N)c(F)cc2C(F)(F)F)n1. The Labute approximate surface area is 208 Å². The zero-order valence-electron chi connectivity index (χ0n) is 19.3. The minimum atomic E-state index is -4.89. The van der Waals surface area contributed by atoms with Gasteiger partial charge in [0.05, 0.1) is 46.7 Å². The summed E-state index contributed by atoms with van der Waals surface area (Å²) >= 11 is 0. The second kappa shape index (κ2) is 10.2. The van der Waals surface area contributed by atoms with Crippen molar-refractivity contribution in [1.29, 1.82) is 0 Å². The summed E-state index contributed by atoms with van der Waals surface area (Å²) in [7, 11) is 1.51. The maximum atomic E-state index is 14.9. The number of aryl methyl sites for hydroxylation is 1. The lowest BCUT2D eigenvalue weighted by Crippen LogP contribution is -2.33. The van der Waals surface area contributed by atoms with E-state index in [1.807, 2.05) is 0 Å². The molecule has 0 saturated carbocycles. The molecule has 0 bridgehead atoms. The molecule has 190 valence electrons. The smallest absolute Gasteiger partial charge is 0.397 e. The Hall–Kier alpha value is -4.58. The Morgan fingerprint density at radius 3 is 2.49 bits per heavy atom. The van der Waals surface area contributed by atoms with Crippen molar-refractivity contribution in [2.24, 2.45) is 12.0 Å². The first kappa shape index (κ1) is 25.5. The highest BCUT2D eigenvalue weighted by Gasteiger charge is 2.36. The van der Waals surface area contributed by atoms with E-state index in [9.17, 15) is 27.5 Å². The molecular weight excluding hydrogens is 492 g/mol. The number of halogens is 4. The van der Waals surface area contributed by atoms with Crippen molar-refractivity contribution in [3.8, 4) is 11.3 Å². The predicted molar refractivity (Wildman–Crippen MR) is 128 cm³/mol. The first-order valence-corrected chi connectivity index (χ1v) is 10.8. The summed E-state index contributed by atoms with van der Waals surface area (Å²) in [5.41, 5.74) is 4.43. The number of nitrogens with two attached hydrogens (primary N) is 1. The van der Waals surface area contributed by atoms with Gasteiger partial charge in [-0.1, -0.05) is 18.2 Å². The van der Waals surface area contributed by atoms with Crippen molar-refractivity contribution in [2.45, 2.75) is 12.8 Å². The average Bonchev–Trinajstić information content (AvgIpc) is 3.30. The zero-order valence-corrected chi connectivity index (χ0v) is 19.3. The molecular formula is C25H20F4N6O2. The van der Waals surface area contributed by atoms with Gasteiger partial charge in [0, 0.05) is 24.4 Å². The Morgan fingerprint density at radius 1 is 1.14 bits per heavy atom. The van der Waals surface area contributed by atoms with Gasteiger partial charge in [0.25, 0.3) is 5.91 Å². The first-order chi connectivity index (χ1) is 17.6. The number of aliphatic hydroxyl groups is 1. The number of amides is 1. The predicted octanol–water partition coefficient (Wildman–Crippen LogP) is 4.22. The third-order valence-corrected chi connectivity index (χ3v) is 5.28. The number of aromatic nitrogens is 3. The van der Waals surface area contributed by atoms with Crippen molar-refractivity contribution in [2.75, 3.05) is 5.73 Å². The summed E-state index contributed by atoms with van der Waals surface area (Å²) in [4.78, 5) is 21.5. The number of nitrogens with one attached hydrogen (secondary N) is 1. The standard InChI is InChI=1S/C25H20F4N6O2/c1-35-8-7-22(34-35)16-10-17(20(26)11-19(16)25(27,28)29)24(37)33-23(32-14-5-3-2-4-6-14)18-9-15(13-36)31-12-21(18)30/h2-12,36H,13,30H2,1H3,(H,32,33,37). The van der Waals surface area contributed by atoms with Crippen molar-refractivity contribution in [3.05, 3.63) is 95.2 Å². The summed E-state index contributed by atoms with van der Waals surface area (Å²) in [5, 5.41) is 15.9. The molecule has 37 heavy (non-hydrogen) atoms. The van der Waals surface area contributed by atoms with Gasteiger partial charge in [0.2, 0.25) is 0 Å². The molecule has 0 aliphatic heterocycles. The minimum Gasteiger partial charge on any atom is -0.397 e. The average molecular weight is 512 g/mol. The lowest BCUT2D eigenvalue weighted by atomic mass is 9.99. The molecule has 12 heteroatoms. The zero-order chi connectivity index (χ0) is 26.7. The van der Waals surface area contributed by atoms with E-state index in [4.69, 9.17) is 5.73 Å². The number of amidine groups is 1. The maximum Gasteiger partial charge on any atom is 0.417 e. The van der Waals surface area contributed by atoms with Crippen LogP contribution in [0, 0.1) is 5.82 Å². The van der Waals surface area contributed by atoms with E-state index in [0.29, 0.717) is 5.69 Å². The van der Waals surface area contributed by atoms with Gasteiger partial charge in [-0.3, -0.25) is 14.5 Å². The van der Waals surface area contributed by atoms with Gasteiger partial charge in [-0.05, 0) is 36.4 Å². The molecule has 2 aromatic carbocycles. The van der Waals surface area contributed by atoms with Gasteiger partial charge in [-0.25, -0.2) is 9.38 Å². The van der Waals surface area contributed by atoms with Crippen molar-refractivity contribution >= 4 is 23.1 Å². The highest BCUT2D eigenvalue weighted by atomic mass is 19.4. The van der Waals surface area contributed by atoms with Crippen LogP contribution in [-0.4, -0.2) is 31.6 Å². The molecule has 2 aromatic heterocycles. The third-order valence-electron chi connectivity index (χ3n) is 5.28. The normalized spacial score (nSPS) is 12.0. The molecule has 0 aliphatic rings. The topological polar surface area (TPSA) is 118 Å². The lowest BCUT2D eigenvalue weighted by molar-refractivity contribution is -0.137. The van der Waals surface area contributed by atoms with E-state index < -0.39 is 41.2 Å². The number of aliphatic hydroxyl groups excluding tert-OH is 1. The number of anilines is 1. The largest absolute Gasteiger partial charge is 0.417 e. The van der Waals surface area contributed by atoms with Crippen LogP contribution in [0.5, 0.6) is 0 Å². The molecule has 0 fully saturated rings. The van der Waals surface area contributed by atoms with Crippen LogP contribution >= 0.6 is 0 Å². The molecule has 4 aromatic rings. The number of alkyl halides is 3. The maximum absolute atomic E-state index is 14.9. The number of nitrogen functional groups attached to an aromatic ring is 1. The Morgan fingerprint density at radius 2 is 1.86 bits per heavy atom. The number of aliphatic imine (C=N–C) groups is 1. The summed E-state index contributed by atoms with van der Waals surface area (Å²) in [5.74, 6) is -2.58. The van der Waals surface area contributed by atoms with Gasteiger partial charge in [0.15, 0.2) is 0 Å². The van der Waals surface area contributed by atoms with Crippen LogP contribution in [0.3, 0.4) is 0 Å². The van der Waals surface area contributed by atoms with E-state index >= 15 is 0 Å². The fourth-order valence-corrected chi connectivity index (χ4v) is 3.52. The number of nitrogens with zero attached hydrogens (tertiary/aromatic N) is 4. The van der Waals surface area contributed by atoms with Crippen LogP contribution < -0.4 is 11.1 Å². The number of carbonyl (C=O) groups is 1. The van der Waals surface area contributed by atoms with Gasteiger partial charge in [-0.15, -0.1) is 0 Å². The van der Waals surface area contributed by atoms with Gasteiger partial charge in [-0.2, -0.15) is 18.3 Å². The molecule has 4 rings (SSSR count). The highest BCUT2D eigenvalue weighted by Crippen LogP contribution is 2.38. The Bertz CT molecular complexity index is 1480. The second-order valence-corrected chi connectivity index (χ2v) is 7.92. The Balaban J connectivity index is 1.82. The minimum absolute atomic E-state index is 0.0898. The van der Waals surface area contributed by atoms with E-state index in [1.54, 1.807) is 30.3 Å². The molecule has 0 spiro atoms. The molecule has 0 aliphatic carbocycles. The fraction of sp³-hybridized carbons (Fsp3) is 0.120. The number of para-hydroxylation sites is 1. The number of hydrogen-bond acceptors (Lipinski definition) is 6. The third kappa shape index (κ3) is 5.64. The van der Waals surface area contributed by atoms with Gasteiger partial charge in [0.1, 0.15) is 11.7 Å². The highest BCUT2D eigenvalue weighted by molar-refractivity contribution is 6.15. The summed E-state index contributed by atoms with van der Waals surface area (Å²) < 4.78 is 57.2. The molecule has 2 heterocycles. The Kier molecular flexibility index (Phi) is 7.02. The van der Waals surface area contributed by atoms with Crippen molar-refractivity contribution in [3.63, 3.8) is 0 Å². The molecule has 0 radical (unpaired) electrons. The number of carbonyl (C=O) groups excluding carboxylic acids is 1. The van der Waals surface area contributed by atoms with E-state index in [1.165, 1.54) is 36.3 Å². The van der Waals surface area contributed by atoms with Gasteiger partial charge < -0.3 is 16.2 Å². The van der Waals surface area contributed by atoms with Crippen LogP contribution in [0.25, 0.3) is 11.3 Å². The molecule has 4 N–H and O–H groups in total. The second-order valence-electron chi connectivity index (χ2n) is 7.92. The molecule has 0 saturated heterocycles. The molecule has 0 unspecified atom stereocenters. The first-order valence-electron chi connectivity index (χ1n) is 10.8. The number of hydrogen-bond donors (Lipinski definition) is 3. The summed E-state index contributed by atoms with van der Waals surface area (Å²) in [6.07, 6.45) is -2.21. The van der Waals surface area contributed by atoms with E-state index in [2.05, 4.69) is 20.4 Å². The lowest BCUT2D eigenvalue weighted by Gasteiger charge is -2.16. The quantitative estimate of drug-likeness (QED) is 0.210. The van der Waals surface area contributed by atoms with Crippen LogP contribution in [0.1, 0.15) is 27.2 Å². The van der Waals surface area contributed by atoms with Crippen molar-refractivity contribution in [1.82, 2.24) is 20.1 Å². The number of benzene rings is 2. The van der Waals surface area contributed by atoms with Crippen molar-refractivity contribution < 1.29 is 27.5 Å². The number of rotatable bonds is 5. The summed E-state index contributed by atoms with van der Waals surface area (Å²) in [6, 6.07) is 12.2. The van der Waals surface area contributed by atoms with Crippen LogP contribution in [0.15, 0.2) is 72.0 Å².